The molecule has 1 amide bonds. The maximum absolute atomic E-state index is 13.5. The van der Waals surface area contributed by atoms with Crippen LogP contribution >= 0.6 is 11.6 Å². The number of benzene rings is 2. The van der Waals surface area contributed by atoms with Crippen molar-refractivity contribution < 1.29 is 22.4 Å². The quantitative estimate of drug-likeness (QED) is 0.655. The molecule has 1 N–H and O–H groups in total. The first-order chi connectivity index (χ1) is 9.40. The van der Waals surface area contributed by atoms with Gasteiger partial charge >= 0.3 is 0 Å². The van der Waals surface area contributed by atoms with Gasteiger partial charge in [-0.3, -0.25) is 4.79 Å². The molecule has 0 unspecified atom stereocenters. The van der Waals surface area contributed by atoms with E-state index in [2.05, 4.69) is 0 Å². The lowest BCUT2D eigenvalue weighted by atomic mass is 10.1. The van der Waals surface area contributed by atoms with E-state index in [0.29, 0.717) is 12.1 Å². The number of rotatable bonds is 2. The van der Waals surface area contributed by atoms with Crippen LogP contribution in [0.25, 0.3) is 0 Å². The van der Waals surface area contributed by atoms with E-state index in [0.717, 1.165) is 18.2 Å². The van der Waals surface area contributed by atoms with Crippen molar-refractivity contribution in [3.05, 3.63) is 64.2 Å². The number of carbonyl (C=O) groups is 1. The average Bonchev–Trinajstić information content (AvgIpc) is 2.35. The van der Waals surface area contributed by atoms with Gasteiger partial charge in [0.2, 0.25) is 0 Å². The second kappa shape index (κ2) is 5.50. The Bertz CT molecular complexity index is 670. The summed E-state index contributed by atoms with van der Waals surface area (Å²) in [6.45, 7) is 0. The predicted octanol–water partition coefficient (Wildman–Crippen LogP) is 4.15. The lowest BCUT2D eigenvalue weighted by Crippen LogP contribution is -2.16. The standard InChI is InChI=1S/C13H6ClF4NO/c14-6-4-10(18)11(5-9(6)17)19-13(20)12-7(15)2-1-3-8(12)16/h1-5H,(H,19,20). The van der Waals surface area contributed by atoms with Crippen molar-refractivity contribution in [1.82, 2.24) is 0 Å². The summed E-state index contributed by atoms with van der Waals surface area (Å²) >= 11 is 5.34. The van der Waals surface area contributed by atoms with Crippen molar-refractivity contribution in [2.45, 2.75) is 0 Å². The zero-order valence-electron chi connectivity index (χ0n) is 9.68. The predicted molar refractivity (Wildman–Crippen MR) is 65.7 cm³/mol. The first-order valence-electron chi connectivity index (χ1n) is 5.30. The fourth-order valence-electron chi connectivity index (χ4n) is 1.52. The third-order valence-corrected chi connectivity index (χ3v) is 2.74. The van der Waals surface area contributed by atoms with Crippen molar-refractivity contribution in [2.24, 2.45) is 0 Å². The van der Waals surface area contributed by atoms with Crippen LogP contribution in [0.15, 0.2) is 30.3 Å². The first-order valence-corrected chi connectivity index (χ1v) is 5.68. The summed E-state index contributed by atoms with van der Waals surface area (Å²) in [5, 5.41) is 1.41. The number of amides is 1. The number of halogens is 5. The van der Waals surface area contributed by atoms with Gasteiger partial charge in [0, 0.05) is 6.07 Å². The van der Waals surface area contributed by atoms with E-state index in [9.17, 15) is 22.4 Å². The molecule has 2 aromatic rings. The summed E-state index contributed by atoms with van der Waals surface area (Å²) in [6.07, 6.45) is 0. The maximum atomic E-state index is 13.5. The Morgan fingerprint density at radius 2 is 1.55 bits per heavy atom. The van der Waals surface area contributed by atoms with Gasteiger partial charge in [0.1, 0.15) is 28.8 Å². The van der Waals surface area contributed by atoms with Crippen LogP contribution in [0.3, 0.4) is 0 Å². The van der Waals surface area contributed by atoms with E-state index in [1.807, 2.05) is 5.32 Å². The molecule has 7 heteroatoms. The molecular weight excluding hydrogens is 298 g/mol. The third-order valence-electron chi connectivity index (χ3n) is 2.45. The molecule has 0 saturated heterocycles. The Labute approximate surface area is 116 Å². The number of carbonyl (C=O) groups excluding carboxylic acids is 1. The smallest absolute Gasteiger partial charge is 0.261 e. The van der Waals surface area contributed by atoms with Crippen molar-refractivity contribution in [3.63, 3.8) is 0 Å². The topological polar surface area (TPSA) is 29.1 Å². The minimum atomic E-state index is -1.23. The van der Waals surface area contributed by atoms with Crippen LogP contribution in [-0.4, -0.2) is 5.91 Å². The van der Waals surface area contributed by atoms with Gasteiger partial charge in [0.15, 0.2) is 0 Å². The number of nitrogens with one attached hydrogen (secondary N) is 1. The molecule has 0 aliphatic heterocycles. The van der Waals surface area contributed by atoms with Gasteiger partial charge in [-0.05, 0) is 18.2 Å². The molecule has 104 valence electrons. The van der Waals surface area contributed by atoms with Gasteiger partial charge in [-0.2, -0.15) is 0 Å². The Hall–Kier alpha value is -2.08. The molecule has 0 spiro atoms. The van der Waals surface area contributed by atoms with E-state index >= 15 is 0 Å². The SMILES string of the molecule is O=C(Nc1cc(F)c(Cl)cc1F)c1c(F)cccc1F. The highest BCUT2D eigenvalue weighted by Crippen LogP contribution is 2.24. The van der Waals surface area contributed by atoms with Crippen molar-refractivity contribution in [2.75, 3.05) is 5.32 Å². The molecule has 2 nitrogen and oxygen atoms in total. The number of anilines is 1. The fourth-order valence-corrected chi connectivity index (χ4v) is 1.67. The molecule has 0 radical (unpaired) electrons. The van der Waals surface area contributed by atoms with Crippen molar-refractivity contribution >= 4 is 23.2 Å². The second-order valence-corrected chi connectivity index (χ2v) is 4.20. The molecule has 2 aromatic carbocycles. The summed E-state index contributed by atoms with van der Waals surface area (Å²) in [5.74, 6) is -5.46. The Balaban J connectivity index is 2.35. The summed E-state index contributed by atoms with van der Waals surface area (Å²) < 4.78 is 53.3. The van der Waals surface area contributed by atoms with Crippen LogP contribution in [0.4, 0.5) is 23.2 Å². The van der Waals surface area contributed by atoms with Crippen LogP contribution < -0.4 is 5.32 Å². The molecule has 2 rings (SSSR count). The molecular formula is C13H6ClF4NO. The Kier molecular flexibility index (Phi) is 3.94. The number of hydrogen-bond acceptors (Lipinski definition) is 1. The van der Waals surface area contributed by atoms with Gasteiger partial charge in [-0.25, -0.2) is 17.6 Å². The normalized spacial score (nSPS) is 10.4. The van der Waals surface area contributed by atoms with Crippen LogP contribution in [0.2, 0.25) is 5.02 Å². The van der Waals surface area contributed by atoms with Crippen molar-refractivity contribution in [3.8, 4) is 0 Å². The molecule has 0 aliphatic carbocycles. The molecule has 0 heterocycles. The van der Waals surface area contributed by atoms with Gasteiger partial charge in [0.25, 0.3) is 5.91 Å². The van der Waals surface area contributed by atoms with Crippen LogP contribution in [0.1, 0.15) is 10.4 Å². The Morgan fingerprint density at radius 3 is 2.15 bits per heavy atom. The van der Waals surface area contributed by atoms with Gasteiger partial charge in [0.05, 0.1) is 10.7 Å². The summed E-state index contributed by atoms with van der Waals surface area (Å²) in [6, 6.07) is 4.08. The summed E-state index contributed by atoms with van der Waals surface area (Å²) in [5.41, 5.74) is -1.46. The minimum Gasteiger partial charge on any atom is -0.319 e. The summed E-state index contributed by atoms with van der Waals surface area (Å²) in [7, 11) is 0. The molecule has 20 heavy (non-hydrogen) atoms. The van der Waals surface area contributed by atoms with Gasteiger partial charge < -0.3 is 5.32 Å². The van der Waals surface area contributed by atoms with Crippen LogP contribution in [0.5, 0.6) is 0 Å². The monoisotopic (exact) mass is 303 g/mol. The zero-order valence-corrected chi connectivity index (χ0v) is 10.4. The summed E-state index contributed by atoms with van der Waals surface area (Å²) in [4.78, 5) is 11.7. The van der Waals surface area contributed by atoms with Crippen molar-refractivity contribution in [1.29, 1.82) is 0 Å². The largest absolute Gasteiger partial charge is 0.319 e. The maximum Gasteiger partial charge on any atom is 0.261 e. The van der Waals surface area contributed by atoms with E-state index < -0.39 is 45.4 Å². The highest BCUT2D eigenvalue weighted by molar-refractivity contribution is 6.30. The minimum absolute atomic E-state index is 0.474. The first kappa shape index (κ1) is 14.3. The molecule has 0 bridgehead atoms. The molecule has 0 atom stereocenters. The third kappa shape index (κ3) is 2.75. The van der Waals surface area contributed by atoms with E-state index in [1.54, 1.807) is 0 Å². The van der Waals surface area contributed by atoms with E-state index in [-0.39, 0.29) is 0 Å². The van der Waals surface area contributed by atoms with Crippen LogP contribution in [0, 0.1) is 23.3 Å². The average molecular weight is 304 g/mol. The van der Waals surface area contributed by atoms with Gasteiger partial charge in [-0.1, -0.05) is 17.7 Å². The Morgan fingerprint density at radius 1 is 0.950 bits per heavy atom. The van der Waals surface area contributed by atoms with E-state index in [1.165, 1.54) is 0 Å². The highest BCUT2D eigenvalue weighted by Gasteiger charge is 2.19. The highest BCUT2D eigenvalue weighted by atomic mass is 35.5. The molecule has 0 aliphatic rings. The molecule has 0 aromatic heterocycles. The second-order valence-electron chi connectivity index (χ2n) is 3.80. The lowest BCUT2D eigenvalue weighted by Gasteiger charge is -2.08. The molecule has 0 fully saturated rings. The van der Waals surface area contributed by atoms with Gasteiger partial charge in [-0.15, -0.1) is 0 Å². The zero-order chi connectivity index (χ0) is 14.9. The lowest BCUT2D eigenvalue weighted by molar-refractivity contribution is 0.101. The van der Waals surface area contributed by atoms with E-state index in [4.69, 9.17) is 11.6 Å². The van der Waals surface area contributed by atoms with Crippen LogP contribution in [-0.2, 0) is 0 Å². The molecule has 0 saturated carbocycles. The fraction of sp³-hybridized carbons (Fsp3) is 0. The number of hydrogen-bond donors (Lipinski definition) is 1.